The van der Waals surface area contributed by atoms with Crippen molar-refractivity contribution in [2.45, 2.75) is 19.8 Å². The van der Waals surface area contributed by atoms with E-state index in [1.165, 1.54) is 10.7 Å². The van der Waals surface area contributed by atoms with Gasteiger partial charge in [0, 0.05) is 30.8 Å². The van der Waals surface area contributed by atoms with E-state index >= 15 is 0 Å². The van der Waals surface area contributed by atoms with Crippen molar-refractivity contribution in [3.63, 3.8) is 0 Å². The van der Waals surface area contributed by atoms with Gasteiger partial charge in [-0.25, -0.2) is 4.68 Å². The minimum absolute atomic E-state index is 0.0292. The zero-order chi connectivity index (χ0) is 18.0. The van der Waals surface area contributed by atoms with Crippen LogP contribution in [0.25, 0.3) is 5.69 Å². The number of hydrogen-bond acceptors (Lipinski definition) is 5. The fraction of sp³-hybridized carbons (Fsp3) is 0.412. The maximum absolute atomic E-state index is 12.7. The molecule has 1 unspecified atom stereocenters. The minimum Gasteiger partial charge on any atom is -0.396 e. The summed E-state index contributed by atoms with van der Waals surface area (Å²) in [5, 5.41) is 24.9. The van der Waals surface area contributed by atoms with Gasteiger partial charge in [0.15, 0.2) is 5.69 Å². The predicted octanol–water partition coefficient (Wildman–Crippen LogP) is 2.02. The number of amides is 1. The van der Waals surface area contributed by atoms with Gasteiger partial charge in [0.2, 0.25) is 0 Å². The molecule has 0 radical (unpaired) electrons. The highest BCUT2D eigenvalue weighted by atomic mass is 16.6. The third-order valence-corrected chi connectivity index (χ3v) is 4.58. The summed E-state index contributed by atoms with van der Waals surface area (Å²) in [6.07, 6.45) is 3.25. The van der Waals surface area contributed by atoms with Crippen LogP contribution in [0.1, 0.15) is 30.3 Å². The Morgan fingerprint density at radius 1 is 1.40 bits per heavy atom. The lowest BCUT2D eigenvalue weighted by molar-refractivity contribution is -0.384. The van der Waals surface area contributed by atoms with Crippen LogP contribution in [0.4, 0.5) is 5.69 Å². The second-order valence-corrected chi connectivity index (χ2v) is 6.69. The van der Waals surface area contributed by atoms with E-state index < -0.39 is 4.92 Å². The third kappa shape index (κ3) is 3.39. The van der Waals surface area contributed by atoms with E-state index in [4.69, 9.17) is 0 Å². The van der Waals surface area contributed by atoms with Gasteiger partial charge >= 0.3 is 0 Å². The number of carbonyl (C=O) groups excluding carboxylic acids is 1. The van der Waals surface area contributed by atoms with Crippen molar-refractivity contribution in [1.82, 2.24) is 14.7 Å². The summed E-state index contributed by atoms with van der Waals surface area (Å²) in [4.78, 5) is 25.1. The van der Waals surface area contributed by atoms with Gasteiger partial charge in [0.05, 0.1) is 11.5 Å². The molecule has 0 aliphatic carbocycles. The first-order chi connectivity index (χ1) is 11.9. The molecule has 1 fully saturated rings. The van der Waals surface area contributed by atoms with Gasteiger partial charge in [-0.15, -0.1) is 0 Å². The first-order valence-corrected chi connectivity index (χ1v) is 8.13. The summed E-state index contributed by atoms with van der Waals surface area (Å²) >= 11 is 0. The summed E-state index contributed by atoms with van der Waals surface area (Å²) in [6, 6.07) is 7.81. The van der Waals surface area contributed by atoms with Gasteiger partial charge in [-0.3, -0.25) is 14.9 Å². The van der Waals surface area contributed by atoms with E-state index in [9.17, 15) is 20.0 Å². The van der Waals surface area contributed by atoms with Crippen LogP contribution in [-0.2, 0) is 0 Å². The van der Waals surface area contributed by atoms with E-state index in [2.05, 4.69) is 5.10 Å². The van der Waals surface area contributed by atoms with Crippen LogP contribution in [0.15, 0.2) is 36.5 Å². The minimum atomic E-state index is -0.476. The lowest BCUT2D eigenvalue weighted by Crippen LogP contribution is -2.46. The van der Waals surface area contributed by atoms with Crippen LogP contribution >= 0.6 is 0 Å². The zero-order valence-corrected chi connectivity index (χ0v) is 14.0. The van der Waals surface area contributed by atoms with Crippen LogP contribution < -0.4 is 0 Å². The van der Waals surface area contributed by atoms with E-state index in [0.717, 1.165) is 12.8 Å². The molecule has 1 N–H and O–H groups in total. The Labute approximate surface area is 144 Å². The van der Waals surface area contributed by atoms with E-state index in [-0.39, 0.29) is 29.3 Å². The SMILES string of the molecule is CC1(CO)CCCN(C(=O)c2ccn(-c3ccccc3[N+](=O)[O-])n2)C1. The standard InChI is InChI=1S/C17H20N4O4/c1-17(12-22)8-4-9-19(11-17)16(23)13-7-10-20(18-13)14-5-2-3-6-15(14)21(24)25/h2-3,5-7,10,22H,4,8-9,11-12H2,1H3. The molecule has 2 heterocycles. The van der Waals surface area contributed by atoms with Crippen LogP contribution in [0.3, 0.4) is 0 Å². The average molecular weight is 344 g/mol. The number of benzene rings is 1. The van der Waals surface area contributed by atoms with E-state index in [1.807, 2.05) is 6.92 Å². The van der Waals surface area contributed by atoms with Gasteiger partial charge in [-0.05, 0) is 25.0 Å². The molecule has 1 amide bonds. The largest absolute Gasteiger partial charge is 0.396 e. The number of nitro benzene ring substituents is 1. The summed E-state index contributed by atoms with van der Waals surface area (Å²) in [7, 11) is 0. The molecule has 0 bridgehead atoms. The monoisotopic (exact) mass is 344 g/mol. The molecule has 3 rings (SSSR count). The Morgan fingerprint density at radius 2 is 2.16 bits per heavy atom. The number of aliphatic hydroxyl groups excluding tert-OH is 1. The molecule has 132 valence electrons. The summed E-state index contributed by atoms with van der Waals surface area (Å²) in [6.45, 7) is 3.08. The van der Waals surface area contributed by atoms with Crippen LogP contribution in [0.2, 0.25) is 0 Å². The number of carbonyl (C=O) groups is 1. The highest BCUT2D eigenvalue weighted by Crippen LogP contribution is 2.29. The summed E-state index contributed by atoms with van der Waals surface area (Å²) < 4.78 is 1.35. The summed E-state index contributed by atoms with van der Waals surface area (Å²) in [5.74, 6) is -0.225. The maximum Gasteiger partial charge on any atom is 0.294 e. The lowest BCUT2D eigenvalue weighted by atomic mass is 9.83. The molecule has 0 saturated carbocycles. The number of piperidine rings is 1. The van der Waals surface area contributed by atoms with Gasteiger partial charge < -0.3 is 10.0 Å². The summed E-state index contributed by atoms with van der Waals surface area (Å²) in [5.41, 5.74) is 0.176. The molecule has 0 spiro atoms. The second kappa shape index (κ2) is 6.64. The fourth-order valence-electron chi connectivity index (χ4n) is 3.16. The van der Waals surface area contributed by atoms with Crippen molar-refractivity contribution in [1.29, 1.82) is 0 Å². The van der Waals surface area contributed by atoms with E-state index in [1.54, 1.807) is 35.4 Å². The van der Waals surface area contributed by atoms with Gasteiger partial charge in [0.25, 0.3) is 11.6 Å². The molecule has 8 heteroatoms. The molecule has 25 heavy (non-hydrogen) atoms. The van der Waals surface area contributed by atoms with Gasteiger partial charge in [-0.1, -0.05) is 19.1 Å². The molecular formula is C17H20N4O4. The molecule has 1 aliphatic rings. The topological polar surface area (TPSA) is 102 Å². The number of nitro groups is 1. The number of rotatable bonds is 4. The van der Waals surface area contributed by atoms with Gasteiger partial charge in [0.1, 0.15) is 5.69 Å². The Kier molecular flexibility index (Phi) is 4.54. The number of aliphatic hydroxyl groups is 1. The van der Waals surface area contributed by atoms with Crippen molar-refractivity contribution < 1.29 is 14.8 Å². The molecule has 2 aromatic rings. The Hall–Kier alpha value is -2.74. The quantitative estimate of drug-likeness (QED) is 0.675. The predicted molar refractivity (Wildman–Crippen MR) is 90.5 cm³/mol. The normalized spacial score (nSPS) is 20.5. The first kappa shape index (κ1) is 17.1. The van der Waals surface area contributed by atoms with E-state index in [0.29, 0.717) is 18.8 Å². The number of para-hydroxylation sites is 2. The molecule has 1 aromatic carbocycles. The molecule has 1 saturated heterocycles. The Bertz CT molecular complexity index is 803. The Morgan fingerprint density at radius 3 is 2.88 bits per heavy atom. The average Bonchev–Trinajstić information content (AvgIpc) is 3.11. The maximum atomic E-state index is 12.7. The molecule has 1 aromatic heterocycles. The molecular weight excluding hydrogens is 324 g/mol. The number of aromatic nitrogens is 2. The zero-order valence-electron chi connectivity index (χ0n) is 14.0. The number of hydrogen-bond donors (Lipinski definition) is 1. The first-order valence-electron chi connectivity index (χ1n) is 8.13. The van der Waals surface area contributed by atoms with Crippen molar-refractivity contribution in [3.8, 4) is 5.69 Å². The number of likely N-dealkylation sites (tertiary alicyclic amines) is 1. The number of nitrogens with zero attached hydrogens (tertiary/aromatic N) is 4. The molecule has 8 nitrogen and oxygen atoms in total. The highest BCUT2D eigenvalue weighted by molar-refractivity contribution is 5.92. The van der Waals surface area contributed by atoms with Crippen LogP contribution in [-0.4, -0.2) is 50.3 Å². The van der Waals surface area contributed by atoms with Crippen molar-refractivity contribution in [2.75, 3.05) is 19.7 Å². The van der Waals surface area contributed by atoms with Crippen molar-refractivity contribution in [3.05, 3.63) is 52.3 Å². The molecule has 1 atom stereocenters. The third-order valence-electron chi connectivity index (χ3n) is 4.58. The fourth-order valence-corrected chi connectivity index (χ4v) is 3.16. The van der Waals surface area contributed by atoms with Crippen molar-refractivity contribution in [2.24, 2.45) is 5.41 Å². The van der Waals surface area contributed by atoms with Crippen LogP contribution in [0, 0.1) is 15.5 Å². The van der Waals surface area contributed by atoms with Crippen molar-refractivity contribution >= 4 is 11.6 Å². The lowest BCUT2D eigenvalue weighted by Gasteiger charge is -2.39. The smallest absolute Gasteiger partial charge is 0.294 e. The molecule has 1 aliphatic heterocycles. The Balaban J connectivity index is 1.85. The second-order valence-electron chi connectivity index (χ2n) is 6.69. The van der Waals surface area contributed by atoms with Gasteiger partial charge in [-0.2, -0.15) is 5.10 Å². The van der Waals surface area contributed by atoms with Crippen LogP contribution in [0.5, 0.6) is 0 Å². The highest BCUT2D eigenvalue weighted by Gasteiger charge is 2.33.